The molecular formula is C24H33BrN4O5. The molecule has 0 unspecified atom stereocenters. The number of aromatic nitrogens is 2. The Morgan fingerprint density at radius 3 is 2.24 bits per heavy atom. The highest BCUT2D eigenvalue weighted by Gasteiger charge is 2.21. The molecule has 0 aliphatic carbocycles. The van der Waals surface area contributed by atoms with Crippen molar-refractivity contribution in [2.24, 2.45) is 0 Å². The topological polar surface area (TPSA) is 112 Å². The van der Waals surface area contributed by atoms with E-state index in [0.29, 0.717) is 21.4 Å². The molecule has 2 N–H and O–H groups in total. The van der Waals surface area contributed by atoms with Crippen molar-refractivity contribution in [2.45, 2.75) is 79.2 Å². The lowest BCUT2D eigenvalue weighted by molar-refractivity contribution is -0.155. The van der Waals surface area contributed by atoms with Crippen molar-refractivity contribution in [2.75, 3.05) is 10.6 Å². The van der Waals surface area contributed by atoms with Crippen LogP contribution in [-0.2, 0) is 20.8 Å². The van der Waals surface area contributed by atoms with Crippen molar-refractivity contribution in [1.29, 1.82) is 0 Å². The minimum Gasteiger partial charge on any atom is -0.459 e. The summed E-state index contributed by atoms with van der Waals surface area (Å²) in [5, 5.41) is 5.69. The zero-order chi connectivity index (χ0) is 25.8. The summed E-state index contributed by atoms with van der Waals surface area (Å²) < 4.78 is 12.7. The van der Waals surface area contributed by atoms with Gasteiger partial charge in [-0.2, -0.15) is 0 Å². The average molecular weight is 537 g/mol. The zero-order valence-corrected chi connectivity index (χ0v) is 22.5. The van der Waals surface area contributed by atoms with Crippen molar-refractivity contribution in [3.05, 3.63) is 39.2 Å². The van der Waals surface area contributed by atoms with Gasteiger partial charge in [-0.15, -0.1) is 0 Å². The van der Waals surface area contributed by atoms with Crippen molar-refractivity contribution >= 4 is 39.5 Å². The molecule has 0 spiro atoms. The van der Waals surface area contributed by atoms with E-state index in [9.17, 15) is 14.4 Å². The molecule has 0 fully saturated rings. The van der Waals surface area contributed by atoms with Crippen molar-refractivity contribution < 1.29 is 19.1 Å². The second-order valence-corrected chi connectivity index (χ2v) is 11.0. The highest BCUT2D eigenvalue weighted by atomic mass is 79.9. The van der Waals surface area contributed by atoms with E-state index >= 15 is 0 Å². The Kier molecular flexibility index (Phi) is 8.52. The molecule has 186 valence electrons. The summed E-state index contributed by atoms with van der Waals surface area (Å²) in [6.07, 6.45) is 0.896. The fraction of sp³-hybridized carbons (Fsp3) is 0.500. The number of halogens is 1. The minimum atomic E-state index is -0.701. The summed E-state index contributed by atoms with van der Waals surface area (Å²) >= 11 is 3.44. The second kappa shape index (κ2) is 10.6. The van der Waals surface area contributed by atoms with Crippen LogP contribution in [0.1, 0.15) is 55.4 Å². The van der Waals surface area contributed by atoms with Crippen LogP contribution in [0.3, 0.4) is 0 Å². The van der Waals surface area contributed by atoms with Crippen LogP contribution in [0.2, 0.25) is 0 Å². The lowest BCUT2D eigenvalue weighted by Crippen LogP contribution is -2.33. The maximum atomic E-state index is 13.2. The number of amides is 1. The van der Waals surface area contributed by atoms with Crippen molar-refractivity contribution in [1.82, 2.24) is 9.55 Å². The number of hydrogen-bond acceptors (Lipinski definition) is 7. The predicted molar refractivity (Wildman–Crippen MR) is 136 cm³/mol. The van der Waals surface area contributed by atoms with E-state index in [1.807, 2.05) is 13.8 Å². The molecular weight excluding hydrogens is 504 g/mol. The molecule has 0 aliphatic heterocycles. The summed E-state index contributed by atoms with van der Waals surface area (Å²) in [7, 11) is 0. The Morgan fingerprint density at radius 2 is 1.68 bits per heavy atom. The van der Waals surface area contributed by atoms with Crippen LogP contribution in [-0.4, -0.2) is 38.9 Å². The average Bonchev–Trinajstić information content (AvgIpc) is 2.61. The highest BCUT2D eigenvalue weighted by Crippen LogP contribution is 2.28. The van der Waals surface area contributed by atoms with E-state index < -0.39 is 28.8 Å². The van der Waals surface area contributed by atoms with E-state index in [-0.39, 0.29) is 18.4 Å². The maximum Gasteiger partial charge on any atom is 0.412 e. The van der Waals surface area contributed by atoms with E-state index in [4.69, 9.17) is 9.47 Å². The van der Waals surface area contributed by atoms with Gasteiger partial charge in [-0.1, -0.05) is 15.9 Å². The fourth-order valence-electron chi connectivity index (χ4n) is 2.98. The number of rotatable bonds is 6. The number of nitrogens with one attached hydrogen (secondary N) is 2. The predicted octanol–water partition coefficient (Wildman–Crippen LogP) is 5.18. The summed E-state index contributed by atoms with van der Waals surface area (Å²) in [4.78, 5) is 42.4. The normalized spacial score (nSPS) is 11.8. The lowest BCUT2D eigenvalue weighted by Gasteiger charge is -2.21. The van der Waals surface area contributed by atoms with Gasteiger partial charge in [-0.25, -0.2) is 9.78 Å². The Labute approximate surface area is 208 Å². The van der Waals surface area contributed by atoms with Crippen LogP contribution < -0.4 is 16.2 Å². The Morgan fingerprint density at radius 1 is 1.06 bits per heavy atom. The molecule has 0 aliphatic rings. The summed E-state index contributed by atoms with van der Waals surface area (Å²) in [6.45, 7) is 14.1. The molecule has 2 rings (SSSR count). The van der Waals surface area contributed by atoms with Gasteiger partial charge in [-0.3, -0.25) is 19.5 Å². The molecule has 1 aromatic carbocycles. The molecule has 0 bridgehead atoms. The number of benzene rings is 1. The molecule has 1 amide bonds. The molecule has 0 saturated heterocycles. The number of esters is 1. The third kappa shape index (κ3) is 8.48. The van der Waals surface area contributed by atoms with E-state index in [1.165, 1.54) is 10.8 Å². The van der Waals surface area contributed by atoms with Gasteiger partial charge < -0.3 is 14.8 Å². The second-order valence-electron chi connectivity index (χ2n) is 10.1. The van der Waals surface area contributed by atoms with Gasteiger partial charge in [0.2, 0.25) is 0 Å². The first-order valence-electron chi connectivity index (χ1n) is 10.9. The van der Waals surface area contributed by atoms with Crippen molar-refractivity contribution in [3.63, 3.8) is 0 Å². The molecule has 0 atom stereocenters. The number of hydrogen-bond donors (Lipinski definition) is 2. The maximum absolute atomic E-state index is 13.2. The third-order valence-corrected chi connectivity index (χ3v) is 4.48. The van der Waals surface area contributed by atoms with Gasteiger partial charge in [-0.05, 0) is 73.6 Å². The van der Waals surface area contributed by atoms with Crippen LogP contribution in [0, 0.1) is 0 Å². The van der Waals surface area contributed by atoms with Crippen LogP contribution in [0.5, 0.6) is 0 Å². The van der Waals surface area contributed by atoms with Gasteiger partial charge in [0.05, 0.1) is 11.9 Å². The molecule has 9 nitrogen and oxygen atoms in total. The molecule has 2 aromatic rings. The first kappa shape index (κ1) is 27.4. The number of nitrogens with zero attached hydrogens (tertiary/aromatic N) is 2. The standard InChI is InChI=1S/C24H33BrN4O5/c1-14(2)27-20-21(31)29(13-19(30)33-23(3,4)5)18(12-26-20)15-9-16(25)11-17(10-15)28-22(32)34-24(6,7)8/h9-12,14H,13H2,1-8H3,(H,26,27)(H,28,32). The Balaban J connectivity index is 2.53. The van der Waals surface area contributed by atoms with E-state index in [1.54, 1.807) is 59.7 Å². The Hall–Kier alpha value is -2.88. The molecule has 10 heteroatoms. The van der Waals surface area contributed by atoms with Gasteiger partial charge in [0, 0.05) is 21.8 Å². The van der Waals surface area contributed by atoms with Crippen LogP contribution in [0.15, 0.2) is 33.7 Å². The van der Waals surface area contributed by atoms with Gasteiger partial charge in [0.15, 0.2) is 5.82 Å². The van der Waals surface area contributed by atoms with Crippen molar-refractivity contribution in [3.8, 4) is 11.3 Å². The van der Waals surface area contributed by atoms with Crippen LogP contribution >= 0.6 is 15.9 Å². The van der Waals surface area contributed by atoms with Crippen LogP contribution in [0.25, 0.3) is 11.3 Å². The lowest BCUT2D eigenvalue weighted by atomic mass is 10.1. The molecule has 1 heterocycles. The SMILES string of the molecule is CC(C)Nc1ncc(-c2cc(Br)cc(NC(=O)OC(C)(C)C)c2)n(CC(=O)OC(C)(C)C)c1=O. The smallest absolute Gasteiger partial charge is 0.412 e. The number of ether oxygens (including phenoxy) is 2. The largest absolute Gasteiger partial charge is 0.459 e. The summed E-state index contributed by atoms with van der Waals surface area (Å²) in [6, 6.07) is 5.10. The van der Waals surface area contributed by atoms with Gasteiger partial charge >= 0.3 is 12.1 Å². The Bertz CT molecular complexity index is 1110. The molecule has 1 aromatic heterocycles. The third-order valence-electron chi connectivity index (χ3n) is 4.03. The minimum absolute atomic E-state index is 0.0310. The number of carbonyl (C=O) groups is 2. The van der Waals surface area contributed by atoms with Gasteiger partial charge in [0.1, 0.15) is 17.7 Å². The monoisotopic (exact) mass is 536 g/mol. The first-order valence-corrected chi connectivity index (χ1v) is 11.7. The molecule has 34 heavy (non-hydrogen) atoms. The number of carbonyl (C=O) groups excluding carboxylic acids is 2. The summed E-state index contributed by atoms with van der Waals surface area (Å²) in [5.74, 6) is -0.427. The first-order chi connectivity index (χ1) is 15.5. The molecule has 0 radical (unpaired) electrons. The zero-order valence-electron chi connectivity index (χ0n) is 20.9. The molecule has 0 saturated carbocycles. The van der Waals surface area contributed by atoms with E-state index in [0.717, 1.165) is 0 Å². The number of anilines is 2. The summed E-state index contributed by atoms with van der Waals surface area (Å²) in [5.41, 5.74) is -0.426. The quantitative estimate of drug-likeness (QED) is 0.489. The fourth-order valence-corrected chi connectivity index (χ4v) is 3.47. The van der Waals surface area contributed by atoms with Gasteiger partial charge in [0.25, 0.3) is 5.56 Å². The van der Waals surface area contributed by atoms with Crippen LogP contribution in [0.4, 0.5) is 16.3 Å². The highest BCUT2D eigenvalue weighted by molar-refractivity contribution is 9.10. The van der Waals surface area contributed by atoms with E-state index in [2.05, 4.69) is 31.5 Å².